The number of carbonyl (C=O) groups is 1. The Kier molecular flexibility index (Phi) is 3.25. The van der Waals surface area contributed by atoms with Crippen LogP contribution in [-0.2, 0) is 4.79 Å². The summed E-state index contributed by atoms with van der Waals surface area (Å²) in [4.78, 5) is 16.7. The van der Waals surface area contributed by atoms with E-state index < -0.39 is 5.41 Å². The van der Waals surface area contributed by atoms with Crippen molar-refractivity contribution in [1.29, 1.82) is 0 Å². The number of aromatic nitrogens is 3. The molecule has 1 aromatic carbocycles. The van der Waals surface area contributed by atoms with E-state index in [9.17, 15) is 4.79 Å². The van der Waals surface area contributed by atoms with E-state index in [4.69, 9.17) is 0 Å². The van der Waals surface area contributed by atoms with E-state index in [1.54, 1.807) is 17.5 Å². The fourth-order valence-corrected chi connectivity index (χ4v) is 2.81. The van der Waals surface area contributed by atoms with Gasteiger partial charge in [-0.2, -0.15) is 5.10 Å². The molecule has 0 saturated carbocycles. The molecule has 0 saturated heterocycles. The first-order valence-electron chi connectivity index (χ1n) is 6.66. The summed E-state index contributed by atoms with van der Waals surface area (Å²) in [5, 5.41) is 10.7. The van der Waals surface area contributed by atoms with Crippen LogP contribution < -0.4 is 5.32 Å². The maximum Gasteiger partial charge on any atom is 0.229 e. The molecule has 2 aromatic heterocycles. The van der Waals surface area contributed by atoms with Gasteiger partial charge in [0.25, 0.3) is 0 Å². The molecule has 0 fully saturated rings. The average molecular weight is 300 g/mol. The Balaban J connectivity index is 1.97. The molecule has 6 heteroatoms. The number of hydrogen-bond donors (Lipinski definition) is 2. The van der Waals surface area contributed by atoms with Crippen molar-refractivity contribution in [3.8, 4) is 10.7 Å². The van der Waals surface area contributed by atoms with Crippen molar-refractivity contribution in [1.82, 2.24) is 15.2 Å². The number of aromatic amines is 1. The van der Waals surface area contributed by atoms with Gasteiger partial charge in [-0.1, -0.05) is 32.9 Å². The fourth-order valence-electron chi connectivity index (χ4n) is 1.83. The smallest absolute Gasteiger partial charge is 0.229 e. The second kappa shape index (κ2) is 4.96. The molecular formula is C15H16N4OS. The van der Waals surface area contributed by atoms with E-state index in [0.29, 0.717) is 5.69 Å². The van der Waals surface area contributed by atoms with Gasteiger partial charge in [-0.25, -0.2) is 4.98 Å². The lowest BCUT2D eigenvalue weighted by Crippen LogP contribution is -2.27. The number of anilines is 1. The van der Waals surface area contributed by atoms with Crippen LogP contribution in [0.1, 0.15) is 20.8 Å². The summed E-state index contributed by atoms with van der Waals surface area (Å²) in [6, 6.07) is 7.94. The molecule has 108 valence electrons. The van der Waals surface area contributed by atoms with Crippen LogP contribution in [0.2, 0.25) is 0 Å². The molecular weight excluding hydrogens is 284 g/mol. The van der Waals surface area contributed by atoms with Crippen molar-refractivity contribution in [2.75, 3.05) is 5.32 Å². The van der Waals surface area contributed by atoms with Gasteiger partial charge in [0.1, 0.15) is 10.7 Å². The first kappa shape index (κ1) is 13.8. The number of nitrogens with zero attached hydrogens (tertiary/aromatic N) is 2. The summed E-state index contributed by atoms with van der Waals surface area (Å²) in [5.41, 5.74) is 1.89. The third-order valence-corrected chi connectivity index (χ3v) is 4.13. The molecule has 0 radical (unpaired) electrons. The Morgan fingerprint density at radius 2 is 2.05 bits per heavy atom. The Morgan fingerprint density at radius 3 is 2.76 bits per heavy atom. The van der Waals surface area contributed by atoms with Gasteiger partial charge in [-0.3, -0.25) is 9.89 Å². The van der Waals surface area contributed by atoms with Crippen molar-refractivity contribution in [2.45, 2.75) is 20.8 Å². The third-order valence-electron chi connectivity index (χ3n) is 3.08. The van der Waals surface area contributed by atoms with Crippen LogP contribution in [0.4, 0.5) is 5.69 Å². The summed E-state index contributed by atoms with van der Waals surface area (Å²) < 4.78 is 1.11. The minimum absolute atomic E-state index is 0.0498. The highest BCUT2D eigenvalue weighted by Gasteiger charge is 2.23. The van der Waals surface area contributed by atoms with Crippen LogP contribution in [0.25, 0.3) is 20.9 Å². The van der Waals surface area contributed by atoms with E-state index in [0.717, 1.165) is 20.9 Å². The van der Waals surface area contributed by atoms with E-state index in [1.165, 1.54) is 0 Å². The number of benzene rings is 1. The molecule has 0 spiro atoms. The standard InChI is InChI=1S/C15H16N4OS/c1-15(2,3)14(20)18-10-8-16-19-12(10)13-17-9-6-4-5-7-11(9)21-13/h4-8H,1-3H3,(H,16,19)(H,18,20). The second-order valence-corrected chi connectivity index (χ2v) is 6.88. The topological polar surface area (TPSA) is 70.7 Å². The summed E-state index contributed by atoms with van der Waals surface area (Å²) >= 11 is 1.57. The van der Waals surface area contributed by atoms with Crippen LogP contribution in [0.5, 0.6) is 0 Å². The number of nitrogens with one attached hydrogen (secondary N) is 2. The number of thiazole rings is 1. The Bertz CT molecular complexity index is 764. The zero-order chi connectivity index (χ0) is 15.0. The number of para-hydroxylation sites is 1. The van der Waals surface area contributed by atoms with Crippen molar-refractivity contribution in [2.24, 2.45) is 5.41 Å². The van der Waals surface area contributed by atoms with Crippen LogP contribution >= 0.6 is 11.3 Å². The molecule has 2 N–H and O–H groups in total. The molecule has 21 heavy (non-hydrogen) atoms. The van der Waals surface area contributed by atoms with Gasteiger partial charge in [0, 0.05) is 5.41 Å². The maximum absolute atomic E-state index is 12.1. The zero-order valence-corrected chi connectivity index (χ0v) is 12.9. The van der Waals surface area contributed by atoms with E-state index in [1.807, 2.05) is 45.0 Å². The number of carbonyl (C=O) groups excluding carboxylic acids is 1. The molecule has 0 aliphatic rings. The quantitative estimate of drug-likeness (QED) is 0.758. The molecule has 0 unspecified atom stereocenters. The number of fused-ring (bicyclic) bond motifs is 1. The summed E-state index contributed by atoms with van der Waals surface area (Å²) in [6.45, 7) is 5.62. The van der Waals surface area contributed by atoms with Crippen molar-refractivity contribution in [3.63, 3.8) is 0 Å². The molecule has 2 heterocycles. The molecule has 0 bridgehead atoms. The molecule has 0 atom stereocenters. The first-order chi connectivity index (χ1) is 9.95. The highest BCUT2D eigenvalue weighted by atomic mass is 32.1. The minimum Gasteiger partial charge on any atom is -0.322 e. The van der Waals surface area contributed by atoms with Gasteiger partial charge in [0.15, 0.2) is 0 Å². The van der Waals surface area contributed by atoms with Gasteiger partial charge in [-0.15, -0.1) is 11.3 Å². The van der Waals surface area contributed by atoms with E-state index in [-0.39, 0.29) is 5.91 Å². The highest BCUT2D eigenvalue weighted by Crippen LogP contribution is 2.33. The van der Waals surface area contributed by atoms with Gasteiger partial charge < -0.3 is 5.32 Å². The maximum atomic E-state index is 12.1. The van der Waals surface area contributed by atoms with Crippen molar-refractivity contribution in [3.05, 3.63) is 30.5 Å². The summed E-state index contributed by atoms with van der Waals surface area (Å²) in [6.07, 6.45) is 1.62. The predicted octanol–water partition coefficient (Wildman–Crippen LogP) is 3.67. The number of amides is 1. The monoisotopic (exact) mass is 300 g/mol. The van der Waals surface area contributed by atoms with Crippen LogP contribution in [0, 0.1) is 5.41 Å². The van der Waals surface area contributed by atoms with Gasteiger partial charge in [0.05, 0.1) is 22.1 Å². The lowest BCUT2D eigenvalue weighted by molar-refractivity contribution is -0.123. The zero-order valence-electron chi connectivity index (χ0n) is 12.1. The van der Waals surface area contributed by atoms with Gasteiger partial charge >= 0.3 is 0 Å². The Labute approximate surface area is 126 Å². The van der Waals surface area contributed by atoms with Crippen LogP contribution in [0.15, 0.2) is 30.5 Å². The average Bonchev–Trinajstić information content (AvgIpc) is 3.02. The summed E-state index contributed by atoms with van der Waals surface area (Å²) in [5.74, 6) is -0.0498. The first-order valence-corrected chi connectivity index (χ1v) is 7.47. The highest BCUT2D eigenvalue weighted by molar-refractivity contribution is 7.21. The van der Waals surface area contributed by atoms with Crippen molar-refractivity contribution < 1.29 is 4.79 Å². The Morgan fingerprint density at radius 1 is 1.29 bits per heavy atom. The minimum atomic E-state index is -0.456. The number of rotatable bonds is 2. The molecule has 3 rings (SSSR count). The predicted molar refractivity (Wildman–Crippen MR) is 85.3 cm³/mol. The van der Waals surface area contributed by atoms with E-state index >= 15 is 0 Å². The van der Waals surface area contributed by atoms with Crippen molar-refractivity contribution >= 4 is 33.1 Å². The van der Waals surface area contributed by atoms with Crippen LogP contribution in [-0.4, -0.2) is 21.1 Å². The van der Waals surface area contributed by atoms with E-state index in [2.05, 4.69) is 20.5 Å². The lowest BCUT2D eigenvalue weighted by atomic mass is 9.95. The second-order valence-electron chi connectivity index (χ2n) is 5.85. The number of hydrogen-bond acceptors (Lipinski definition) is 4. The SMILES string of the molecule is CC(C)(C)C(=O)Nc1cn[nH]c1-c1nc2ccccc2s1. The number of H-pyrrole nitrogens is 1. The normalized spacial score (nSPS) is 11.8. The molecule has 5 nitrogen and oxygen atoms in total. The molecule has 3 aromatic rings. The lowest BCUT2D eigenvalue weighted by Gasteiger charge is -2.17. The summed E-state index contributed by atoms with van der Waals surface area (Å²) in [7, 11) is 0. The Hall–Kier alpha value is -2.21. The molecule has 1 amide bonds. The van der Waals surface area contributed by atoms with Gasteiger partial charge in [0.2, 0.25) is 5.91 Å². The molecule has 0 aliphatic heterocycles. The van der Waals surface area contributed by atoms with Gasteiger partial charge in [-0.05, 0) is 12.1 Å². The largest absolute Gasteiger partial charge is 0.322 e. The third kappa shape index (κ3) is 2.67. The van der Waals surface area contributed by atoms with Crippen LogP contribution in [0.3, 0.4) is 0 Å². The fraction of sp³-hybridized carbons (Fsp3) is 0.267. The molecule has 0 aliphatic carbocycles.